The summed E-state index contributed by atoms with van der Waals surface area (Å²) in [5.41, 5.74) is 0.582. The van der Waals surface area contributed by atoms with E-state index in [0.717, 1.165) is 41.5 Å². The maximum Gasteiger partial charge on any atom is 0.404 e. The summed E-state index contributed by atoms with van der Waals surface area (Å²) in [4.78, 5) is 68.5. The van der Waals surface area contributed by atoms with E-state index in [9.17, 15) is 28.4 Å². The molecule has 290 valence electrons. The topological polar surface area (TPSA) is 154 Å². The van der Waals surface area contributed by atoms with Crippen molar-refractivity contribution < 1.29 is 37.9 Å². The molecule has 15 heteroatoms. The standard InChI is InChI=1S/C39H48F2N6O6S/c1-39(2,3)36(37-44-31(29-23-28(40)14-15-30(29)41)25-45(37)24-27-11-6-4-7-12-27)47(20-10-18-43-38(52)53)35(51)26-54-22-9-5-8-13-32(48)42-19-21-46-33(49)16-17-34(46)50/h4,6-7,11-12,14-17,23,25,36,43H,5,8-10,13,18-22,24,26H2,1-3H3,(H,42,48)(H,52,53). The van der Waals surface area contributed by atoms with Gasteiger partial charge in [0, 0.05) is 63.1 Å². The number of rotatable bonds is 20. The summed E-state index contributed by atoms with van der Waals surface area (Å²) in [6, 6.07) is 12.2. The number of thioether (sulfide) groups is 1. The predicted molar refractivity (Wildman–Crippen MR) is 202 cm³/mol. The zero-order valence-electron chi connectivity index (χ0n) is 30.9. The molecule has 0 aliphatic carbocycles. The smallest absolute Gasteiger partial charge is 0.404 e. The van der Waals surface area contributed by atoms with Gasteiger partial charge in [0.25, 0.3) is 11.8 Å². The van der Waals surface area contributed by atoms with Gasteiger partial charge in [-0.2, -0.15) is 11.8 Å². The van der Waals surface area contributed by atoms with E-state index in [4.69, 9.17) is 10.1 Å². The summed E-state index contributed by atoms with van der Waals surface area (Å²) in [7, 11) is 0. The van der Waals surface area contributed by atoms with Gasteiger partial charge in [0.2, 0.25) is 11.8 Å². The first-order chi connectivity index (χ1) is 25.7. The number of carboxylic acid groups (broad SMARTS) is 1. The highest BCUT2D eigenvalue weighted by atomic mass is 32.2. The fraction of sp³-hybridized carbons (Fsp3) is 0.436. The van der Waals surface area contributed by atoms with Crippen LogP contribution in [0.1, 0.15) is 70.3 Å². The minimum Gasteiger partial charge on any atom is -0.465 e. The van der Waals surface area contributed by atoms with E-state index >= 15 is 4.39 Å². The summed E-state index contributed by atoms with van der Waals surface area (Å²) in [5, 5.41) is 14.2. The number of nitrogens with zero attached hydrogens (tertiary/aromatic N) is 4. The Hall–Kier alpha value is -5.05. The Morgan fingerprint density at radius 3 is 2.35 bits per heavy atom. The van der Waals surface area contributed by atoms with Crippen molar-refractivity contribution in [1.82, 2.24) is 30.0 Å². The highest BCUT2D eigenvalue weighted by Crippen LogP contribution is 2.40. The van der Waals surface area contributed by atoms with Gasteiger partial charge >= 0.3 is 6.09 Å². The van der Waals surface area contributed by atoms with Crippen molar-refractivity contribution in [3.05, 3.63) is 89.9 Å². The number of aromatic nitrogens is 2. The molecule has 4 rings (SSSR count). The molecule has 3 aromatic rings. The molecule has 1 aliphatic rings. The summed E-state index contributed by atoms with van der Waals surface area (Å²) < 4.78 is 31.2. The predicted octanol–water partition coefficient (Wildman–Crippen LogP) is 5.78. The van der Waals surface area contributed by atoms with Crippen molar-refractivity contribution in [2.24, 2.45) is 5.41 Å². The number of unbranched alkanes of at least 4 members (excludes halogenated alkanes) is 2. The van der Waals surface area contributed by atoms with E-state index in [1.165, 1.54) is 23.9 Å². The second-order valence-electron chi connectivity index (χ2n) is 14.0. The van der Waals surface area contributed by atoms with E-state index in [-0.39, 0.29) is 55.0 Å². The molecule has 12 nitrogen and oxygen atoms in total. The van der Waals surface area contributed by atoms with Gasteiger partial charge in [-0.1, -0.05) is 57.5 Å². The number of halogens is 2. The van der Waals surface area contributed by atoms with Gasteiger partial charge in [0.1, 0.15) is 17.5 Å². The maximum absolute atomic E-state index is 15.0. The molecule has 0 bridgehead atoms. The number of nitrogens with one attached hydrogen (secondary N) is 2. The van der Waals surface area contributed by atoms with Gasteiger partial charge in [-0.15, -0.1) is 0 Å². The Morgan fingerprint density at radius 2 is 1.67 bits per heavy atom. The minimum absolute atomic E-state index is 0.0000918. The lowest BCUT2D eigenvalue weighted by Gasteiger charge is -2.40. The number of hydrogen-bond donors (Lipinski definition) is 3. The molecule has 0 saturated carbocycles. The fourth-order valence-electron chi connectivity index (χ4n) is 6.17. The molecule has 54 heavy (non-hydrogen) atoms. The number of benzene rings is 2. The lowest BCUT2D eigenvalue weighted by molar-refractivity contribution is -0.137. The number of amides is 5. The average molecular weight is 767 g/mol. The van der Waals surface area contributed by atoms with Crippen LogP contribution in [0.5, 0.6) is 0 Å². The first-order valence-corrected chi connectivity index (χ1v) is 19.1. The Bertz CT molecular complexity index is 1790. The van der Waals surface area contributed by atoms with Crippen LogP contribution in [0.3, 0.4) is 0 Å². The van der Waals surface area contributed by atoms with E-state index in [1.54, 1.807) is 11.1 Å². The zero-order chi connectivity index (χ0) is 39.3. The second-order valence-corrected chi connectivity index (χ2v) is 15.1. The Labute approximate surface area is 318 Å². The summed E-state index contributed by atoms with van der Waals surface area (Å²) in [5.74, 6) is -1.06. The molecule has 1 aromatic heterocycles. The lowest BCUT2D eigenvalue weighted by Crippen LogP contribution is -2.44. The summed E-state index contributed by atoms with van der Waals surface area (Å²) in [6.45, 7) is 6.93. The molecule has 2 aromatic carbocycles. The van der Waals surface area contributed by atoms with E-state index in [0.29, 0.717) is 37.4 Å². The van der Waals surface area contributed by atoms with Crippen molar-refractivity contribution in [1.29, 1.82) is 0 Å². The molecule has 1 aliphatic heterocycles. The molecular formula is C39H48F2N6O6S. The first-order valence-electron chi connectivity index (χ1n) is 17.9. The normalized spacial score (nSPS) is 13.3. The summed E-state index contributed by atoms with van der Waals surface area (Å²) >= 11 is 1.46. The van der Waals surface area contributed by atoms with Crippen LogP contribution in [-0.4, -0.2) is 91.9 Å². The van der Waals surface area contributed by atoms with Crippen molar-refractivity contribution in [3.63, 3.8) is 0 Å². The minimum atomic E-state index is -1.17. The van der Waals surface area contributed by atoms with E-state index in [2.05, 4.69) is 10.6 Å². The monoisotopic (exact) mass is 766 g/mol. The average Bonchev–Trinajstić information content (AvgIpc) is 3.67. The maximum atomic E-state index is 15.0. The van der Waals surface area contributed by atoms with Crippen LogP contribution >= 0.6 is 11.8 Å². The largest absolute Gasteiger partial charge is 0.465 e. The molecule has 5 amide bonds. The SMILES string of the molecule is CC(C)(C)C(c1nc(-c2cc(F)ccc2F)cn1Cc1ccccc1)N(CCCNC(=O)O)C(=O)CSCCCCCC(=O)NCCN1C(=O)C=CC1=O. The Kier molecular flexibility index (Phi) is 15.3. The molecule has 0 radical (unpaired) electrons. The van der Waals surface area contributed by atoms with Crippen LogP contribution in [0.25, 0.3) is 11.3 Å². The Morgan fingerprint density at radius 1 is 0.944 bits per heavy atom. The highest BCUT2D eigenvalue weighted by Gasteiger charge is 2.38. The second kappa shape index (κ2) is 19.9. The first kappa shape index (κ1) is 41.7. The fourth-order valence-corrected chi connectivity index (χ4v) is 7.06. The number of hydrogen-bond acceptors (Lipinski definition) is 7. The number of carbonyl (C=O) groups excluding carboxylic acids is 4. The van der Waals surface area contributed by atoms with Crippen molar-refractivity contribution >= 4 is 41.5 Å². The highest BCUT2D eigenvalue weighted by molar-refractivity contribution is 7.99. The van der Waals surface area contributed by atoms with Crippen LogP contribution in [0.15, 0.2) is 66.9 Å². The quantitative estimate of drug-likeness (QED) is 0.0966. The van der Waals surface area contributed by atoms with Crippen LogP contribution in [-0.2, 0) is 25.7 Å². The van der Waals surface area contributed by atoms with Gasteiger partial charge in [-0.25, -0.2) is 18.6 Å². The van der Waals surface area contributed by atoms with Crippen molar-refractivity contribution in [2.75, 3.05) is 37.7 Å². The third-order valence-corrected chi connectivity index (χ3v) is 9.76. The van der Waals surface area contributed by atoms with E-state index in [1.807, 2.05) is 55.7 Å². The van der Waals surface area contributed by atoms with E-state index < -0.39 is 41.0 Å². The van der Waals surface area contributed by atoms with Gasteiger partial charge < -0.3 is 25.2 Å². The van der Waals surface area contributed by atoms with Gasteiger partial charge in [0.15, 0.2) is 0 Å². The van der Waals surface area contributed by atoms with Gasteiger partial charge in [-0.05, 0) is 54.2 Å². The van der Waals surface area contributed by atoms with Crippen molar-refractivity contribution in [3.8, 4) is 11.3 Å². The molecule has 0 spiro atoms. The van der Waals surface area contributed by atoms with Crippen LogP contribution in [0, 0.1) is 17.0 Å². The lowest BCUT2D eigenvalue weighted by atomic mass is 9.84. The third-order valence-electron chi connectivity index (χ3n) is 8.73. The van der Waals surface area contributed by atoms with Gasteiger partial charge in [-0.3, -0.25) is 24.1 Å². The molecule has 0 saturated heterocycles. The molecule has 3 N–H and O–H groups in total. The molecule has 0 fully saturated rings. The van der Waals surface area contributed by atoms with Crippen LogP contribution in [0.2, 0.25) is 0 Å². The number of imidazole rings is 1. The molecule has 1 atom stereocenters. The van der Waals surface area contributed by atoms with Crippen LogP contribution < -0.4 is 10.6 Å². The third kappa shape index (κ3) is 12.3. The zero-order valence-corrected chi connectivity index (χ0v) is 31.7. The number of carbonyl (C=O) groups is 5. The van der Waals surface area contributed by atoms with Crippen LogP contribution in [0.4, 0.5) is 13.6 Å². The molecule has 2 heterocycles. The summed E-state index contributed by atoms with van der Waals surface area (Å²) in [6.07, 6.45) is 5.71. The molecular weight excluding hydrogens is 719 g/mol. The molecule has 1 unspecified atom stereocenters. The Balaban J connectivity index is 1.44. The van der Waals surface area contributed by atoms with Crippen molar-refractivity contribution in [2.45, 2.75) is 65.5 Å². The number of imide groups is 1. The van der Waals surface area contributed by atoms with Gasteiger partial charge in [0.05, 0.1) is 17.5 Å².